The van der Waals surface area contributed by atoms with Gasteiger partial charge in [0.2, 0.25) is 5.88 Å². The molecule has 8 heteroatoms. The number of hydrogen-bond donors (Lipinski definition) is 1. The lowest BCUT2D eigenvalue weighted by Crippen LogP contribution is -2.33. The van der Waals surface area contributed by atoms with E-state index in [2.05, 4.69) is 10.4 Å². The van der Waals surface area contributed by atoms with Crippen molar-refractivity contribution in [2.24, 2.45) is 5.92 Å². The van der Waals surface area contributed by atoms with Gasteiger partial charge in [0.15, 0.2) is 11.6 Å². The van der Waals surface area contributed by atoms with Crippen LogP contribution in [-0.4, -0.2) is 29.5 Å². The van der Waals surface area contributed by atoms with Crippen LogP contribution < -0.4 is 10.1 Å². The molecule has 1 aromatic heterocycles. The molecule has 0 bridgehead atoms. The summed E-state index contributed by atoms with van der Waals surface area (Å²) in [6, 6.07) is 8.08. The molecule has 2 heterocycles. The Hall–Kier alpha value is -2.25. The van der Waals surface area contributed by atoms with Crippen LogP contribution in [0.5, 0.6) is 5.88 Å². The van der Waals surface area contributed by atoms with Gasteiger partial charge in [-0.2, -0.15) is 0 Å². The second kappa shape index (κ2) is 8.19. The average molecular weight is 398 g/mol. The molecule has 1 saturated heterocycles. The zero-order chi connectivity index (χ0) is 18.1. The number of rotatable bonds is 4. The van der Waals surface area contributed by atoms with Crippen molar-refractivity contribution in [3.05, 3.63) is 53.8 Å². The van der Waals surface area contributed by atoms with E-state index >= 15 is 0 Å². The molecule has 4 rings (SSSR count). The summed E-state index contributed by atoms with van der Waals surface area (Å²) in [5, 5.41) is 7.90. The van der Waals surface area contributed by atoms with Gasteiger partial charge in [0.1, 0.15) is 11.5 Å². The Morgan fingerprint density at radius 3 is 2.63 bits per heavy atom. The highest BCUT2D eigenvalue weighted by atomic mass is 35.5. The van der Waals surface area contributed by atoms with Crippen LogP contribution in [0.1, 0.15) is 12.8 Å². The molecule has 0 radical (unpaired) electrons. The number of ether oxygens (including phenoxy) is 1. The van der Waals surface area contributed by atoms with E-state index in [0.29, 0.717) is 17.9 Å². The van der Waals surface area contributed by atoms with Gasteiger partial charge >= 0.3 is 0 Å². The van der Waals surface area contributed by atoms with Gasteiger partial charge in [0.05, 0.1) is 17.5 Å². The molecule has 0 amide bonds. The van der Waals surface area contributed by atoms with Crippen LogP contribution in [0.2, 0.25) is 0 Å². The molecule has 1 fully saturated rings. The summed E-state index contributed by atoms with van der Waals surface area (Å²) in [6.45, 7) is 2.25. The smallest absolute Gasteiger partial charge is 0.241 e. The summed E-state index contributed by atoms with van der Waals surface area (Å²) in [5.74, 6) is -2.02. The molecule has 1 N–H and O–H groups in total. The summed E-state index contributed by atoms with van der Waals surface area (Å²) in [7, 11) is 0. The molecule has 3 aromatic rings. The Bertz CT molecular complexity index is 941. The molecule has 4 nitrogen and oxygen atoms in total. The lowest BCUT2D eigenvalue weighted by molar-refractivity contribution is 0.213. The van der Waals surface area contributed by atoms with Gasteiger partial charge < -0.3 is 10.1 Å². The number of benzene rings is 2. The third-order valence-electron chi connectivity index (χ3n) is 4.62. The van der Waals surface area contributed by atoms with Crippen LogP contribution >= 0.6 is 12.4 Å². The molecule has 1 aliphatic heterocycles. The topological polar surface area (TPSA) is 39.1 Å². The first kappa shape index (κ1) is 19.5. The fraction of sp³-hybridized carbons (Fsp3) is 0.316. The summed E-state index contributed by atoms with van der Waals surface area (Å²) in [5.41, 5.74) is 0.406. The standard InChI is InChI=1S/C19H18F3N3O.ClH/c20-14-5-1-2-6-17(14)25-18-9-16(22)15(21)8-13(18)19(24-25)26-11-12-4-3-7-23-10-12;/h1-2,5-6,8-9,12,23H,3-4,7,10-11H2;1H. The number of halogens is 4. The first-order chi connectivity index (χ1) is 12.6. The predicted molar refractivity (Wildman–Crippen MR) is 99.3 cm³/mol. The number of para-hydroxylation sites is 1. The highest BCUT2D eigenvalue weighted by Crippen LogP contribution is 2.30. The van der Waals surface area contributed by atoms with Crippen LogP contribution in [0.15, 0.2) is 36.4 Å². The van der Waals surface area contributed by atoms with E-state index in [1.54, 1.807) is 12.1 Å². The van der Waals surface area contributed by atoms with E-state index in [1.165, 1.54) is 16.8 Å². The Morgan fingerprint density at radius 2 is 1.89 bits per heavy atom. The number of hydrogen-bond acceptors (Lipinski definition) is 3. The average Bonchev–Trinajstić information content (AvgIpc) is 2.99. The third kappa shape index (κ3) is 3.89. The first-order valence-corrected chi connectivity index (χ1v) is 8.59. The van der Waals surface area contributed by atoms with Gasteiger partial charge in [-0.05, 0) is 37.6 Å². The lowest BCUT2D eigenvalue weighted by atomic mass is 10.0. The minimum atomic E-state index is -1.02. The molecular weight excluding hydrogens is 379 g/mol. The van der Waals surface area contributed by atoms with Gasteiger partial charge in [-0.3, -0.25) is 0 Å². The van der Waals surface area contributed by atoms with Crippen molar-refractivity contribution in [2.75, 3.05) is 19.7 Å². The second-order valence-electron chi connectivity index (χ2n) is 6.48. The van der Waals surface area contributed by atoms with E-state index in [0.717, 1.165) is 38.1 Å². The maximum Gasteiger partial charge on any atom is 0.241 e. The minimum absolute atomic E-state index is 0. The quantitative estimate of drug-likeness (QED) is 0.715. The fourth-order valence-corrected chi connectivity index (χ4v) is 3.26. The van der Waals surface area contributed by atoms with E-state index in [4.69, 9.17) is 4.74 Å². The second-order valence-corrected chi connectivity index (χ2v) is 6.48. The first-order valence-electron chi connectivity index (χ1n) is 8.59. The van der Waals surface area contributed by atoms with E-state index in [1.807, 2.05) is 0 Å². The third-order valence-corrected chi connectivity index (χ3v) is 4.62. The van der Waals surface area contributed by atoms with E-state index in [-0.39, 0.29) is 29.5 Å². The molecule has 0 spiro atoms. The number of aromatic nitrogens is 2. The Morgan fingerprint density at radius 1 is 1.11 bits per heavy atom. The van der Waals surface area contributed by atoms with Gasteiger partial charge in [-0.25, -0.2) is 17.9 Å². The number of piperidine rings is 1. The number of fused-ring (bicyclic) bond motifs is 1. The Labute approximate surface area is 160 Å². The molecule has 0 saturated carbocycles. The zero-order valence-electron chi connectivity index (χ0n) is 14.4. The van der Waals surface area contributed by atoms with E-state index in [9.17, 15) is 13.2 Å². The maximum atomic E-state index is 14.2. The Balaban J connectivity index is 0.00000210. The Kier molecular flexibility index (Phi) is 5.92. The molecule has 144 valence electrons. The number of nitrogens with zero attached hydrogens (tertiary/aromatic N) is 2. The molecule has 2 aromatic carbocycles. The molecule has 27 heavy (non-hydrogen) atoms. The summed E-state index contributed by atoms with van der Waals surface area (Å²) >= 11 is 0. The fourth-order valence-electron chi connectivity index (χ4n) is 3.26. The van der Waals surface area contributed by atoms with Crippen molar-refractivity contribution in [3.63, 3.8) is 0 Å². The molecule has 1 aliphatic rings. The molecule has 0 aliphatic carbocycles. The van der Waals surface area contributed by atoms with Gasteiger partial charge in [-0.1, -0.05) is 12.1 Å². The maximum absolute atomic E-state index is 14.2. The van der Waals surface area contributed by atoms with E-state index < -0.39 is 17.5 Å². The van der Waals surface area contributed by atoms with Gasteiger partial charge in [0.25, 0.3) is 0 Å². The number of nitrogens with one attached hydrogen (secondary N) is 1. The SMILES string of the molecule is Cl.Fc1cc2c(OCC3CCCNC3)nn(-c3ccccc3F)c2cc1F. The van der Waals surface area contributed by atoms with Crippen LogP contribution in [0.4, 0.5) is 13.2 Å². The minimum Gasteiger partial charge on any atom is -0.476 e. The monoisotopic (exact) mass is 397 g/mol. The van der Waals surface area contributed by atoms with Crippen molar-refractivity contribution in [1.82, 2.24) is 15.1 Å². The normalized spacial score (nSPS) is 16.9. The predicted octanol–water partition coefficient (Wildman–Crippen LogP) is 4.24. The van der Waals surface area contributed by atoms with Crippen molar-refractivity contribution < 1.29 is 17.9 Å². The largest absolute Gasteiger partial charge is 0.476 e. The van der Waals surface area contributed by atoms with Crippen molar-refractivity contribution in [3.8, 4) is 11.6 Å². The molecule has 1 unspecified atom stereocenters. The zero-order valence-corrected chi connectivity index (χ0v) is 15.2. The lowest BCUT2D eigenvalue weighted by Gasteiger charge is -2.22. The van der Waals surface area contributed by atoms with Crippen LogP contribution in [0.3, 0.4) is 0 Å². The van der Waals surface area contributed by atoms with Crippen molar-refractivity contribution in [2.45, 2.75) is 12.8 Å². The highest BCUT2D eigenvalue weighted by molar-refractivity contribution is 5.86. The van der Waals surface area contributed by atoms with Crippen molar-refractivity contribution >= 4 is 23.3 Å². The van der Waals surface area contributed by atoms with Gasteiger partial charge in [0, 0.05) is 18.5 Å². The highest BCUT2D eigenvalue weighted by Gasteiger charge is 2.20. The summed E-state index contributed by atoms with van der Waals surface area (Å²) < 4.78 is 48.8. The summed E-state index contributed by atoms with van der Waals surface area (Å²) in [4.78, 5) is 0. The van der Waals surface area contributed by atoms with Crippen molar-refractivity contribution in [1.29, 1.82) is 0 Å². The van der Waals surface area contributed by atoms with Crippen LogP contribution in [0.25, 0.3) is 16.6 Å². The van der Waals surface area contributed by atoms with Gasteiger partial charge in [-0.15, -0.1) is 17.5 Å². The van der Waals surface area contributed by atoms with Crippen LogP contribution in [0, 0.1) is 23.4 Å². The summed E-state index contributed by atoms with van der Waals surface area (Å²) in [6.07, 6.45) is 2.10. The molecule has 1 atom stereocenters. The van der Waals surface area contributed by atoms with Crippen LogP contribution in [-0.2, 0) is 0 Å². The molecular formula is C19H19ClF3N3O.